The van der Waals surface area contributed by atoms with Gasteiger partial charge in [0.2, 0.25) is 0 Å². The minimum absolute atomic E-state index is 0.735. The van der Waals surface area contributed by atoms with Gasteiger partial charge >= 0.3 is 0 Å². The van der Waals surface area contributed by atoms with Crippen LogP contribution in [0.3, 0.4) is 0 Å². The van der Waals surface area contributed by atoms with Crippen LogP contribution in [0.25, 0.3) is 0 Å². The zero-order valence-corrected chi connectivity index (χ0v) is 14.1. The normalized spacial score (nSPS) is 15.9. The molecule has 2 N–H and O–H groups in total. The Bertz CT molecular complexity index is 433. The van der Waals surface area contributed by atoms with E-state index in [0.29, 0.717) is 0 Å². The molecule has 2 nitrogen and oxygen atoms in total. The molecule has 0 amide bonds. The van der Waals surface area contributed by atoms with E-state index in [4.69, 9.17) is 5.73 Å². The predicted molar refractivity (Wildman–Crippen MR) is 93.0 cm³/mol. The summed E-state index contributed by atoms with van der Waals surface area (Å²) in [7, 11) is 0. The van der Waals surface area contributed by atoms with Crippen LogP contribution in [0.5, 0.6) is 0 Å². The third-order valence-electron chi connectivity index (χ3n) is 4.67. The fraction of sp³-hybridized carbons (Fsp3) is 0.684. The third kappa shape index (κ3) is 4.47. The summed E-state index contributed by atoms with van der Waals surface area (Å²) >= 11 is 0. The second-order valence-corrected chi connectivity index (χ2v) is 6.99. The molecule has 0 aliphatic heterocycles. The number of hydrogen-bond acceptors (Lipinski definition) is 2. The maximum Gasteiger partial charge on any atom is 0.0401 e. The molecule has 1 fully saturated rings. The molecule has 0 atom stereocenters. The van der Waals surface area contributed by atoms with E-state index in [-0.39, 0.29) is 0 Å². The largest absolute Gasteiger partial charge is 0.368 e. The van der Waals surface area contributed by atoms with Crippen LogP contribution in [0.15, 0.2) is 18.2 Å². The van der Waals surface area contributed by atoms with Crippen molar-refractivity contribution in [2.24, 2.45) is 11.7 Å². The summed E-state index contributed by atoms with van der Waals surface area (Å²) in [4.78, 5) is 2.69. The highest BCUT2D eigenvalue weighted by atomic mass is 15.2. The van der Waals surface area contributed by atoms with Crippen molar-refractivity contribution in [3.8, 4) is 0 Å². The summed E-state index contributed by atoms with van der Waals surface area (Å²) in [5.74, 6) is 0.761. The van der Waals surface area contributed by atoms with Crippen LogP contribution in [0.1, 0.15) is 57.1 Å². The van der Waals surface area contributed by atoms with Gasteiger partial charge in [-0.15, -0.1) is 0 Å². The fourth-order valence-electron chi connectivity index (χ4n) is 3.46. The number of anilines is 1. The summed E-state index contributed by atoms with van der Waals surface area (Å²) in [6, 6.07) is 7.66. The summed E-state index contributed by atoms with van der Waals surface area (Å²) in [5, 5.41) is 0. The highest BCUT2D eigenvalue weighted by molar-refractivity contribution is 5.56. The lowest BCUT2D eigenvalue weighted by Crippen LogP contribution is -2.35. The summed E-state index contributed by atoms with van der Waals surface area (Å²) in [6.07, 6.45) is 7.75. The van der Waals surface area contributed by atoms with Crippen molar-refractivity contribution >= 4 is 5.69 Å². The van der Waals surface area contributed by atoms with Crippen molar-refractivity contribution in [1.82, 2.24) is 0 Å². The zero-order valence-electron chi connectivity index (χ0n) is 14.1. The van der Waals surface area contributed by atoms with Crippen molar-refractivity contribution in [3.63, 3.8) is 0 Å². The lowest BCUT2D eigenvalue weighted by Gasteiger charge is -2.34. The monoisotopic (exact) mass is 288 g/mol. The molecule has 1 aromatic rings. The van der Waals surface area contributed by atoms with E-state index in [0.717, 1.165) is 24.9 Å². The van der Waals surface area contributed by atoms with Crippen LogP contribution in [0, 0.1) is 12.8 Å². The van der Waals surface area contributed by atoms with Gasteiger partial charge in [0.1, 0.15) is 0 Å². The Morgan fingerprint density at radius 3 is 2.57 bits per heavy atom. The Balaban J connectivity index is 2.25. The zero-order chi connectivity index (χ0) is 15.2. The Morgan fingerprint density at radius 2 is 1.95 bits per heavy atom. The third-order valence-corrected chi connectivity index (χ3v) is 4.67. The molecule has 0 spiro atoms. The van der Waals surface area contributed by atoms with Gasteiger partial charge in [-0.2, -0.15) is 0 Å². The molecule has 0 unspecified atom stereocenters. The predicted octanol–water partition coefficient (Wildman–Crippen LogP) is 4.29. The first-order valence-corrected chi connectivity index (χ1v) is 8.68. The molecular weight excluding hydrogens is 256 g/mol. The van der Waals surface area contributed by atoms with Crippen LogP contribution >= 0.6 is 0 Å². The smallest absolute Gasteiger partial charge is 0.0401 e. The lowest BCUT2D eigenvalue weighted by atomic mass is 10.0. The molecule has 0 aromatic heterocycles. The topological polar surface area (TPSA) is 29.3 Å². The van der Waals surface area contributed by atoms with Crippen LogP contribution in [0.2, 0.25) is 0 Å². The van der Waals surface area contributed by atoms with E-state index in [1.807, 2.05) is 0 Å². The molecule has 0 radical (unpaired) electrons. The van der Waals surface area contributed by atoms with Gasteiger partial charge in [-0.25, -0.2) is 0 Å². The SMILES string of the molecule is Cc1ccc(N(CCC(C)C)C2CCCC2)c(CCN)c1. The highest BCUT2D eigenvalue weighted by Gasteiger charge is 2.24. The summed E-state index contributed by atoms with van der Waals surface area (Å²) in [5.41, 5.74) is 10.1. The molecule has 118 valence electrons. The molecule has 0 saturated heterocycles. The second kappa shape index (κ2) is 7.84. The van der Waals surface area contributed by atoms with E-state index in [9.17, 15) is 0 Å². The number of hydrogen-bond donors (Lipinski definition) is 1. The van der Waals surface area contributed by atoms with Gasteiger partial charge in [-0.1, -0.05) is 44.4 Å². The van der Waals surface area contributed by atoms with Crippen LogP contribution in [-0.2, 0) is 6.42 Å². The molecular formula is C19H32N2. The second-order valence-electron chi connectivity index (χ2n) is 6.99. The van der Waals surface area contributed by atoms with Crippen molar-refractivity contribution in [3.05, 3.63) is 29.3 Å². The van der Waals surface area contributed by atoms with Gasteiger partial charge < -0.3 is 10.6 Å². The van der Waals surface area contributed by atoms with Crippen molar-refractivity contribution in [2.75, 3.05) is 18.0 Å². The van der Waals surface area contributed by atoms with E-state index in [2.05, 4.69) is 43.9 Å². The standard InChI is InChI=1S/C19H32N2/c1-15(2)11-13-21(18-6-4-5-7-18)19-9-8-16(3)14-17(19)10-12-20/h8-9,14-15,18H,4-7,10-13,20H2,1-3H3. The average Bonchev–Trinajstić information content (AvgIpc) is 2.95. The van der Waals surface area contributed by atoms with Crippen molar-refractivity contribution in [1.29, 1.82) is 0 Å². The Morgan fingerprint density at radius 1 is 1.24 bits per heavy atom. The minimum Gasteiger partial charge on any atom is -0.368 e. The van der Waals surface area contributed by atoms with Gasteiger partial charge in [0.25, 0.3) is 0 Å². The maximum absolute atomic E-state index is 5.84. The number of aryl methyl sites for hydroxylation is 1. The first kappa shape index (κ1) is 16.4. The molecule has 0 bridgehead atoms. The van der Waals surface area contributed by atoms with Crippen LogP contribution in [0.4, 0.5) is 5.69 Å². The molecule has 1 aromatic carbocycles. The van der Waals surface area contributed by atoms with Crippen molar-refractivity contribution < 1.29 is 0 Å². The number of benzene rings is 1. The van der Waals surface area contributed by atoms with Crippen LogP contribution in [-0.4, -0.2) is 19.1 Å². The molecule has 21 heavy (non-hydrogen) atoms. The first-order valence-electron chi connectivity index (χ1n) is 8.68. The highest BCUT2D eigenvalue weighted by Crippen LogP contribution is 2.31. The number of nitrogens with two attached hydrogens (primary N) is 1. The van der Waals surface area contributed by atoms with E-state index < -0.39 is 0 Å². The first-order chi connectivity index (χ1) is 10.1. The van der Waals surface area contributed by atoms with E-state index >= 15 is 0 Å². The Kier molecular flexibility index (Phi) is 6.10. The fourth-order valence-corrected chi connectivity index (χ4v) is 3.46. The van der Waals surface area contributed by atoms with Gasteiger partial charge in [-0.3, -0.25) is 0 Å². The van der Waals surface area contributed by atoms with E-state index in [1.165, 1.54) is 55.5 Å². The molecule has 1 aliphatic rings. The number of rotatable bonds is 7. The lowest BCUT2D eigenvalue weighted by molar-refractivity contribution is 0.527. The summed E-state index contributed by atoms with van der Waals surface area (Å²) in [6.45, 7) is 8.74. The Labute approximate surface area is 130 Å². The quantitative estimate of drug-likeness (QED) is 0.811. The summed E-state index contributed by atoms with van der Waals surface area (Å²) < 4.78 is 0. The van der Waals surface area contributed by atoms with Gasteiger partial charge in [-0.05, 0) is 56.7 Å². The van der Waals surface area contributed by atoms with Gasteiger partial charge in [0, 0.05) is 18.3 Å². The van der Waals surface area contributed by atoms with Crippen LogP contribution < -0.4 is 10.6 Å². The molecule has 0 heterocycles. The van der Waals surface area contributed by atoms with Gasteiger partial charge in [0.15, 0.2) is 0 Å². The minimum atomic E-state index is 0.735. The molecule has 2 heteroatoms. The number of nitrogens with zero attached hydrogens (tertiary/aromatic N) is 1. The molecule has 1 saturated carbocycles. The average molecular weight is 288 g/mol. The van der Waals surface area contributed by atoms with E-state index in [1.54, 1.807) is 0 Å². The molecule has 2 rings (SSSR count). The van der Waals surface area contributed by atoms with Gasteiger partial charge in [0.05, 0.1) is 0 Å². The molecule has 1 aliphatic carbocycles. The van der Waals surface area contributed by atoms with Crippen molar-refractivity contribution in [2.45, 2.75) is 65.3 Å². The Hall–Kier alpha value is -1.02. The maximum atomic E-state index is 5.84.